The lowest BCUT2D eigenvalue weighted by molar-refractivity contribution is 0.0676. The summed E-state index contributed by atoms with van der Waals surface area (Å²) in [6, 6.07) is 9.36. The molecule has 1 unspecified atom stereocenters. The lowest BCUT2D eigenvalue weighted by Crippen LogP contribution is -2.46. The van der Waals surface area contributed by atoms with Crippen LogP contribution in [0.2, 0.25) is 0 Å². The average Bonchev–Trinajstić information content (AvgIpc) is 3.41. The molecule has 31 heavy (non-hydrogen) atoms. The zero-order chi connectivity index (χ0) is 21.8. The number of Topliss-reactive ketones (excluding diaryl/α,β-unsaturated/α-hetero) is 1. The SMILES string of the molecule is C[C@@]12C(=Cc3cncn3C1c1ccc(F)cc1)CCC[C@@H]2C(=O)c1ccc(C(=O)O)s1. The first-order chi connectivity index (χ1) is 14.9. The molecule has 1 fully saturated rings. The van der Waals surface area contributed by atoms with Crippen molar-refractivity contribution in [3.8, 4) is 0 Å². The standard InChI is InChI=1S/C24H21FN2O3S/c1-24-15(3-2-4-18(24)21(28)19-9-10-20(31-19)23(29)30)11-17-12-26-13-27(17)22(24)14-5-7-16(25)8-6-14/h5-13,18,22H,2-4H2,1H3,(H,29,30)/t18-,22?,24+/m1/s1. The van der Waals surface area contributed by atoms with E-state index in [2.05, 4.69) is 22.6 Å². The molecule has 2 aromatic heterocycles. The van der Waals surface area contributed by atoms with Crippen LogP contribution in [-0.2, 0) is 0 Å². The Morgan fingerprint density at radius 2 is 1.94 bits per heavy atom. The fraction of sp³-hybridized carbons (Fsp3) is 0.292. The number of halogens is 1. The number of benzene rings is 1. The fourth-order valence-electron chi connectivity index (χ4n) is 5.31. The maximum absolute atomic E-state index is 13.7. The molecule has 5 rings (SSSR count). The van der Waals surface area contributed by atoms with Crippen LogP contribution in [0.1, 0.15) is 62.8 Å². The molecule has 0 saturated heterocycles. The number of carbonyl (C=O) groups is 2. The minimum absolute atomic E-state index is 0.0266. The Balaban J connectivity index is 1.65. The predicted octanol–water partition coefficient (Wildman–Crippen LogP) is 5.46. The first kappa shape index (κ1) is 19.9. The molecule has 1 N–H and O–H groups in total. The topological polar surface area (TPSA) is 72.2 Å². The third kappa shape index (κ3) is 3.07. The highest BCUT2D eigenvalue weighted by molar-refractivity contribution is 7.15. The number of allylic oxidation sites excluding steroid dienone is 1. The van der Waals surface area contributed by atoms with Gasteiger partial charge in [0.25, 0.3) is 0 Å². The van der Waals surface area contributed by atoms with E-state index in [0.717, 1.165) is 35.4 Å². The number of ketones is 1. The third-order valence-electron chi connectivity index (χ3n) is 6.78. The van der Waals surface area contributed by atoms with Crippen LogP contribution in [0, 0.1) is 17.2 Å². The van der Waals surface area contributed by atoms with Crippen LogP contribution < -0.4 is 0 Å². The van der Waals surface area contributed by atoms with E-state index >= 15 is 0 Å². The Morgan fingerprint density at radius 3 is 2.65 bits per heavy atom. The number of hydrogen-bond donors (Lipinski definition) is 1. The highest BCUT2D eigenvalue weighted by Crippen LogP contribution is 2.58. The number of carbonyl (C=O) groups excluding carboxylic acids is 1. The second-order valence-electron chi connectivity index (χ2n) is 8.41. The molecule has 7 heteroatoms. The van der Waals surface area contributed by atoms with Gasteiger partial charge in [0.2, 0.25) is 0 Å². The minimum Gasteiger partial charge on any atom is -0.477 e. The molecule has 0 radical (unpaired) electrons. The summed E-state index contributed by atoms with van der Waals surface area (Å²) in [7, 11) is 0. The van der Waals surface area contributed by atoms with E-state index in [1.54, 1.807) is 24.5 Å². The van der Waals surface area contributed by atoms with Gasteiger partial charge in [0.05, 0.1) is 29.1 Å². The smallest absolute Gasteiger partial charge is 0.345 e. The van der Waals surface area contributed by atoms with E-state index in [-0.39, 0.29) is 28.4 Å². The van der Waals surface area contributed by atoms with Gasteiger partial charge in [-0.1, -0.05) is 24.6 Å². The van der Waals surface area contributed by atoms with E-state index in [4.69, 9.17) is 0 Å². The van der Waals surface area contributed by atoms with Gasteiger partial charge in [-0.2, -0.15) is 0 Å². The van der Waals surface area contributed by atoms with Gasteiger partial charge in [-0.3, -0.25) is 4.79 Å². The van der Waals surface area contributed by atoms with Gasteiger partial charge in [-0.15, -0.1) is 11.3 Å². The maximum Gasteiger partial charge on any atom is 0.345 e. The van der Waals surface area contributed by atoms with E-state index in [0.29, 0.717) is 11.3 Å². The molecule has 1 aliphatic carbocycles. The number of imidazole rings is 1. The summed E-state index contributed by atoms with van der Waals surface area (Å²) in [5.41, 5.74) is 2.55. The minimum atomic E-state index is -1.02. The van der Waals surface area contributed by atoms with E-state index < -0.39 is 11.4 Å². The Morgan fingerprint density at radius 1 is 1.19 bits per heavy atom. The number of aromatic nitrogens is 2. The van der Waals surface area contributed by atoms with Gasteiger partial charge in [0.15, 0.2) is 5.78 Å². The molecule has 5 nitrogen and oxygen atoms in total. The van der Waals surface area contributed by atoms with Gasteiger partial charge >= 0.3 is 5.97 Å². The maximum atomic E-state index is 13.7. The van der Waals surface area contributed by atoms with Crippen LogP contribution in [-0.4, -0.2) is 26.4 Å². The van der Waals surface area contributed by atoms with Crippen molar-refractivity contribution in [2.45, 2.75) is 32.2 Å². The molecular weight excluding hydrogens is 415 g/mol. The van der Waals surface area contributed by atoms with Gasteiger partial charge < -0.3 is 9.67 Å². The summed E-state index contributed by atoms with van der Waals surface area (Å²) < 4.78 is 15.7. The number of carboxylic acids is 1. The molecule has 3 heterocycles. The van der Waals surface area contributed by atoms with E-state index in [9.17, 15) is 19.1 Å². The number of hydrogen-bond acceptors (Lipinski definition) is 4. The summed E-state index contributed by atoms with van der Waals surface area (Å²) in [6.45, 7) is 2.11. The second-order valence-corrected chi connectivity index (χ2v) is 9.49. The molecule has 158 valence electrons. The largest absolute Gasteiger partial charge is 0.477 e. The monoisotopic (exact) mass is 436 g/mol. The van der Waals surface area contributed by atoms with Crippen LogP contribution in [0.5, 0.6) is 0 Å². The quantitative estimate of drug-likeness (QED) is 0.552. The van der Waals surface area contributed by atoms with E-state index in [1.807, 2.05) is 6.20 Å². The highest BCUT2D eigenvalue weighted by atomic mass is 32.1. The van der Waals surface area contributed by atoms with Crippen LogP contribution in [0.3, 0.4) is 0 Å². The van der Waals surface area contributed by atoms with Crippen LogP contribution in [0.25, 0.3) is 6.08 Å². The summed E-state index contributed by atoms with van der Waals surface area (Å²) >= 11 is 1.03. The zero-order valence-corrected chi connectivity index (χ0v) is 17.7. The molecule has 0 spiro atoms. The first-order valence-corrected chi connectivity index (χ1v) is 11.1. The van der Waals surface area contributed by atoms with Crippen molar-refractivity contribution in [2.75, 3.05) is 0 Å². The summed E-state index contributed by atoms with van der Waals surface area (Å²) in [5, 5.41) is 9.28. The molecule has 1 aromatic carbocycles. The molecule has 1 aliphatic heterocycles. The molecule has 2 aliphatic rings. The molecule has 0 bridgehead atoms. The summed E-state index contributed by atoms with van der Waals surface area (Å²) in [4.78, 5) is 30.0. The van der Waals surface area contributed by atoms with Crippen LogP contribution >= 0.6 is 11.3 Å². The Kier molecular flexibility index (Phi) is 4.66. The molecule has 0 amide bonds. The molecule has 3 atom stereocenters. The summed E-state index contributed by atoms with van der Waals surface area (Å²) in [6.07, 6.45) is 8.20. The number of fused-ring (bicyclic) bond motifs is 2. The van der Waals surface area contributed by atoms with Crippen molar-refractivity contribution in [2.24, 2.45) is 11.3 Å². The Hall–Kier alpha value is -3.06. The van der Waals surface area contributed by atoms with Crippen molar-refractivity contribution >= 4 is 29.2 Å². The Bertz CT molecular complexity index is 1210. The lowest BCUT2D eigenvalue weighted by Gasteiger charge is -2.50. The molecule has 1 saturated carbocycles. The number of nitrogens with zero attached hydrogens (tertiary/aromatic N) is 2. The first-order valence-electron chi connectivity index (χ1n) is 10.3. The molecular formula is C24H21FN2O3S. The van der Waals surface area contributed by atoms with Crippen molar-refractivity contribution in [1.29, 1.82) is 0 Å². The highest BCUT2D eigenvalue weighted by Gasteiger charge is 2.52. The lowest BCUT2D eigenvalue weighted by atomic mass is 9.57. The van der Waals surface area contributed by atoms with Crippen molar-refractivity contribution < 1.29 is 19.1 Å². The van der Waals surface area contributed by atoms with E-state index in [1.165, 1.54) is 23.8 Å². The van der Waals surface area contributed by atoms with Gasteiger partial charge in [0, 0.05) is 11.3 Å². The molecule has 3 aromatic rings. The normalized spacial score (nSPS) is 24.8. The fourth-order valence-corrected chi connectivity index (χ4v) is 6.14. The van der Waals surface area contributed by atoms with Gasteiger partial charge in [0.1, 0.15) is 10.7 Å². The van der Waals surface area contributed by atoms with Gasteiger partial charge in [-0.25, -0.2) is 14.2 Å². The number of rotatable bonds is 4. The van der Waals surface area contributed by atoms with Crippen molar-refractivity contribution in [3.63, 3.8) is 0 Å². The zero-order valence-electron chi connectivity index (χ0n) is 16.9. The van der Waals surface area contributed by atoms with Crippen molar-refractivity contribution in [1.82, 2.24) is 9.55 Å². The predicted molar refractivity (Wildman–Crippen MR) is 116 cm³/mol. The van der Waals surface area contributed by atoms with Crippen LogP contribution in [0.15, 0.2) is 54.5 Å². The average molecular weight is 437 g/mol. The third-order valence-corrected chi connectivity index (χ3v) is 7.87. The number of thiophene rings is 1. The second kappa shape index (κ2) is 7.27. The number of aromatic carboxylic acids is 1. The van der Waals surface area contributed by atoms with Gasteiger partial charge in [-0.05, 0) is 55.2 Å². The van der Waals surface area contributed by atoms with Crippen LogP contribution in [0.4, 0.5) is 4.39 Å². The Labute approximate surface area is 182 Å². The summed E-state index contributed by atoms with van der Waals surface area (Å²) in [5.74, 6) is -1.67. The van der Waals surface area contributed by atoms with Crippen molar-refractivity contribution in [3.05, 3.63) is 81.3 Å². The number of carboxylic acid groups (broad SMARTS) is 1.